The molecule has 0 aromatic heterocycles. The normalized spacial score (nSPS) is 18.0. The molecule has 2 aromatic carbocycles. The Morgan fingerprint density at radius 2 is 2.04 bits per heavy atom. The molecule has 27 heavy (non-hydrogen) atoms. The van der Waals surface area contributed by atoms with Crippen LogP contribution >= 0.6 is 11.6 Å². The molecule has 2 aliphatic heterocycles. The van der Waals surface area contributed by atoms with Crippen molar-refractivity contribution in [1.29, 1.82) is 0 Å². The number of anilines is 1. The molecule has 2 aliphatic rings. The quantitative estimate of drug-likeness (QED) is 0.820. The average Bonchev–Trinajstić information content (AvgIpc) is 2.64. The number of hydrogen-bond donors (Lipinski definition) is 1. The Bertz CT molecular complexity index is 900. The van der Waals surface area contributed by atoms with Gasteiger partial charge in [0.25, 0.3) is 5.91 Å². The number of hydrogen-bond acceptors (Lipinski definition) is 3. The zero-order valence-electron chi connectivity index (χ0n) is 15.0. The lowest BCUT2D eigenvalue weighted by atomic mass is 9.88. The minimum absolute atomic E-state index is 0.0814. The van der Waals surface area contributed by atoms with E-state index in [1.54, 1.807) is 6.07 Å². The number of amides is 1. The number of nitrogens with zero attached hydrogens (tertiary/aromatic N) is 1. The third-order valence-corrected chi connectivity index (χ3v) is 5.49. The summed E-state index contributed by atoms with van der Waals surface area (Å²) in [5.41, 5.74) is 1.04. The summed E-state index contributed by atoms with van der Waals surface area (Å²) in [5, 5.41) is 2.79. The van der Waals surface area contributed by atoms with Gasteiger partial charge in [-0.3, -0.25) is 4.79 Å². The Balaban J connectivity index is 1.53. The zero-order chi connectivity index (χ0) is 19.0. The molecule has 2 aromatic rings. The van der Waals surface area contributed by atoms with Gasteiger partial charge in [-0.1, -0.05) is 23.7 Å². The van der Waals surface area contributed by atoms with E-state index in [-0.39, 0.29) is 16.2 Å². The molecule has 0 unspecified atom stereocenters. The van der Waals surface area contributed by atoms with E-state index in [0.717, 1.165) is 37.2 Å². The molecule has 0 saturated carbocycles. The number of fused-ring (bicyclic) bond motifs is 1. The van der Waals surface area contributed by atoms with E-state index >= 15 is 0 Å². The number of rotatable bonds is 2. The summed E-state index contributed by atoms with van der Waals surface area (Å²) in [6, 6.07) is 9.59. The van der Waals surface area contributed by atoms with Gasteiger partial charge in [0.2, 0.25) is 0 Å². The molecule has 1 amide bonds. The summed E-state index contributed by atoms with van der Waals surface area (Å²) in [4.78, 5) is 14.7. The second kappa shape index (κ2) is 6.98. The Morgan fingerprint density at radius 3 is 2.78 bits per heavy atom. The first kappa shape index (κ1) is 18.0. The second-order valence-corrected chi connectivity index (χ2v) is 7.51. The van der Waals surface area contributed by atoms with Crippen molar-refractivity contribution in [3.8, 4) is 5.75 Å². The van der Waals surface area contributed by atoms with Gasteiger partial charge in [0.1, 0.15) is 17.2 Å². The monoisotopic (exact) mass is 386 g/mol. The van der Waals surface area contributed by atoms with Crippen LogP contribution in [0.4, 0.5) is 10.1 Å². The van der Waals surface area contributed by atoms with Gasteiger partial charge >= 0.3 is 0 Å². The van der Waals surface area contributed by atoms with Crippen molar-refractivity contribution in [3.63, 3.8) is 0 Å². The summed E-state index contributed by atoms with van der Waals surface area (Å²) in [7, 11) is 2.12. The van der Waals surface area contributed by atoms with Crippen LogP contribution in [0.5, 0.6) is 5.75 Å². The fourth-order valence-electron chi connectivity index (χ4n) is 3.52. The van der Waals surface area contributed by atoms with E-state index in [1.165, 1.54) is 18.2 Å². The number of benzene rings is 2. The molecule has 0 aliphatic carbocycles. The molecule has 1 fully saturated rings. The number of carbonyl (C=O) groups is 1. The largest absolute Gasteiger partial charge is 0.482 e. The maximum Gasteiger partial charge on any atom is 0.260 e. The number of nitrogens with one attached hydrogen (secondary N) is 1. The van der Waals surface area contributed by atoms with Crippen molar-refractivity contribution in [2.24, 2.45) is 0 Å². The highest BCUT2D eigenvalue weighted by atomic mass is 35.5. The first-order chi connectivity index (χ1) is 13.0. The van der Waals surface area contributed by atoms with E-state index in [1.807, 2.05) is 18.2 Å². The fourth-order valence-corrected chi connectivity index (χ4v) is 3.77. The van der Waals surface area contributed by atoms with Crippen molar-refractivity contribution in [3.05, 3.63) is 64.4 Å². The van der Waals surface area contributed by atoms with Gasteiger partial charge in [-0.15, -0.1) is 0 Å². The van der Waals surface area contributed by atoms with Crippen LogP contribution in [0.15, 0.2) is 42.5 Å². The number of piperidine rings is 1. The molecular weight excluding hydrogens is 367 g/mol. The first-order valence-corrected chi connectivity index (χ1v) is 9.30. The van der Waals surface area contributed by atoms with Crippen LogP contribution in [0, 0.1) is 5.82 Å². The highest BCUT2D eigenvalue weighted by molar-refractivity contribution is 6.34. The Kier molecular flexibility index (Phi) is 4.66. The summed E-state index contributed by atoms with van der Waals surface area (Å²) in [6.07, 6.45) is 6.05. The molecule has 1 N–H and O–H groups in total. The highest BCUT2D eigenvalue weighted by Gasteiger charge is 2.35. The summed E-state index contributed by atoms with van der Waals surface area (Å²) in [6.45, 7) is 1.99. The molecule has 140 valence electrons. The zero-order valence-corrected chi connectivity index (χ0v) is 15.7. The Hall–Kier alpha value is -2.37. The van der Waals surface area contributed by atoms with Gasteiger partial charge < -0.3 is 15.0 Å². The van der Waals surface area contributed by atoms with Crippen molar-refractivity contribution in [2.75, 3.05) is 25.5 Å². The SMILES string of the molecule is CN1CCC2(C=Cc3cc(NC(=O)c4c(F)cccc4Cl)ccc3O2)CC1. The van der Waals surface area contributed by atoms with E-state index in [0.29, 0.717) is 5.69 Å². The molecule has 1 saturated heterocycles. The van der Waals surface area contributed by atoms with Crippen LogP contribution in [0.3, 0.4) is 0 Å². The minimum atomic E-state index is -0.648. The van der Waals surface area contributed by atoms with Gasteiger partial charge in [-0.2, -0.15) is 0 Å². The smallest absolute Gasteiger partial charge is 0.260 e. The third kappa shape index (κ3) is 3.57. The molecule has 4 nitrogen and oxygen atoms in total. The second-order valence-electron chi connectivity index (χ2n) is 7.11. The number of likely N-dealkylation sites (tertiary alicyclic amines) is 1. The topological polar surface area (TPSA) is 41.6 Å². The summed E-state index contributed by atoms with van der Waals surface area (Å²) in [5.74, 6) is -0.431. The predicted octanol–water partition coefficient (Wildman–Crippen LogP) is 4.60. The lowest BCUT2D eigenvalue weighted by Gasteiger charge is -2.40. The minimum Gasteiger partial charge on any atom is -0.482 e. The lowest BCUT2D eigenvalue weighted by Crippen LogP contribution is -2.46. The average molecular weight is 387 g/mol. The van der Waals surface area contributed by atoms with Crippen LogP contribution < -0.4 is 10.1 Å². The van der Waals surface area contributed by atoms with Crippen molar-refractivity contribution < 1.29 is 13.9 Å². The van der Waals surface area contributed by atoms with Gasteiger partial charge in [-0.05, 0) is 43.5 Å². The van der Waals surface area contributed by atoms with Crippen LogP contribution in [0.2, 0.25) is 5.02 Å². The van der Waals surface area contributed by atoms with Gasteiger partial charge in [0.15, 0.2) is 0 Å². The Morgan fingerprint density at radius 1 is 1.26 bits per heavy atom. The van der Waals surface area contributed by atoms with Crippen LogP contribution in [0.1, 0.15) is 28.8 Å². The van der Waals surface area contributed by atoms with Crippen molar-refractivity contribution >= 4 is 29.3 Å². The van der Waals surface area contributed by atoms with E-state index in [4.69, 9.17) is 16.3 Å². The lowest BCUT2D eigenvalue weighted by molar-refractivity contribution is 0.0473. The van der Waals surface area contributed by atoms with Crippen LogP contribution in [0.25, 0.3) is 6.08 Å². The summed E-state index contributed by atoms with van der Waals surface area (Å²) >= 11 is 5.96. The maximum absolute atomic E-state index is 13.9. The molecule has 0 radical (unpaired) electrons. The molecular formula is C21H20ClFN2O2. The predicted molar refractivity (Wildman–Crippen MR) is 105 cm³/mol. The molecule has 2 heterocycles. The first-order valence-electron chi connectivity index (χ1n) is 8.92. The fraction of sp³-hybridized carbons (Fsp3) is 0.286. The molecule has 6 heteroatoms. The standard InChI is InChI=1S/C21H20ClFN2O2/c1-25-11-9-21(10-12-25)8-7-14-13-15(5-6-18(14)27-21)24-20(26)19-16(22)3-2-4-17(19)23/h2-8,13H,9-12H2,1H3,(H,24,26). The van der Waals surface area contributed by atoms with Crippen LogP contribution in [-0.2, 0) is 0 Å². The summed E-state index contributed by atoms with van der Waals surface area (Å²) < 4.78 is 20.2. The number of ether oxygens (including phenoxy) is 1. The molecule has 4 rings (SSSR count). The van der Waals surface area contributed by atoms with E-state index in [9.17, 15) is 9.18 Å². The van der Waals surface area contributed by atoms with Gasteiger partial charge in [-0.25, -0.2) is 4.39 Å². The molecule has 0 atom stereocenters. The van der Waals surface area contributed by atoms with Crippen LogP contribution in [-0.4, -0.2) is 36.5 Å². The van der Waals surface area contributed by atoms with E-state index < -0.39 is 11.7 Å². The van der Waals surface area contributed by atoms with Crippen molar-refractivity contribution in [2.45, 2.75) is 18.4 Å². The Labute approximate surface area is 162 Å². The molecule has 0 bridgehead atoms. The maximum atomic E-state index is 13.9. The van der Waals surface area contributed by atoms with Crippen molar-refractivity contribution in [1.82, 2.24) is 4.90 Å². The number of carbonyl (C=O) groups excluding carboxylic acids is 1. The van der Waals surface area contributed by atoms with Gasteiger partial charge in [0, 0.05) is 37.2 Å². The van der Waals surface area contributed by atoms with Gasteiger partial charge in [0.05, 0.1) is 10.6 Å². The molecule has 1 spiro atoms. The highest BCUT2D eigenvalue weighted by Crippen LogP contribution is 2.38. The number of halogens is 2. The third-order valence-electron chi connectivity index (χ3n) is 5.17. The van der Waals surface area contributed by atoms with E-state index in [2.05, 4.69) is 23.3 Å².